The molecule has 1 aliphatic heterocycles. The molecule has 0 radical (unpaired) electrons. The number of morpholine rings is 1. The maximum atomic E-state index is 14.8. The molecule has 0 spiro atoms. The van der Waals surface area contributed by atoms with Crippen molar-refractivity contribution in [3.05, 3.63) is 48.4 Å². The molecule has 42 heavy (non-hydrogen) atoms. The molecule has 1 unspecified atom stereocenters. The Balaban J connectivity index is 0.00000484. The van der Waals surface area contributed by atoms with E-state index in [2.05, 4.69) is 41.3 Å². The molecule has 1 fully saturated rings. The van der Waals surface area contributed by atoms with Gasteiger partial charge in [0.15, 0.2) is 11.5 Å². The standard InChI is InChI=1S/C30H39FN4O6.ClH/c1-30(2,3)8-10-33-29(37)34-24-6-5-21(15-23(24)31)41-26-7-9-32-25-17-28(27(38-4)16-22(25)26)40-19-20(36)18-35-11-13-39-14-12-35;/h5-7,9,15-17,20,36H,8,10-14,18-19H2,1-4H3,(H2,33,34,37);1H. The number of carbonyl (C=O) groups is 1. The van der Waals surface area contributed by atoms with E-state index in [1.54, 1.807) is 30.5 Å². The predicted octanol–water partition coefficient (Wildman–Crippen LogP) is 5.23. The van der Waals surface area contributed by atoms with Gasteiger partial charge in [-0.05, 0) is 36.1 Å². The van der Waals surface area contributed by atoms with Crippen LogP contribution in [-0.2, 0) is 4.74 Å². The van der Waals surface area contributed by atoms with Crippen LogP contribution in [0.2, 0.25) is 0 Å². The number of benzene rings is 2. The van der Waals surface area contributed by atoms with Gasteiger partial charge in [-0.1, -0.05) is 20.8 Å². The van der Waals surface area contributed by atoms with Gasteiger partial charge in [0.05, 0.1) is 31.5 Å². The number of β-amino-alcohol motifs (C(OH)–C–C–N with tert-alkyl or cyclic N) is 1. The molecule has 3 aromatic rings. The summed E-state index contributed by atoms with van der Waals surface area (Å²) in [4.78, 5) is 18.7. The van der Waals surface area contributed by atoms with Gasteiger partial charge in [0.2, 0.25) is 0 Å². The lowest BCUT2D eigenvalue weighted by Gasteiger charge is -2.28. The van der Waals surface area contributed by atoms with Crippen LogP contribution < -0.4 is 24.8 Å². The van der Waals surface area contributed by atoms with Gasteiger partial charge in [-0.25, -0.2) is 9.18 Å². The predicted molar refractivity (Wildman–Crippen MR) is 162 cm³/mol. The molecule has 3 N–H and O–H groups in total. The van der Waals surface area contributed by atoms with Crippen molar-refractivity contribution >= 4 is 35.0 Å². The molecule has 0 bridgehead atoms. The van der Waals surface area contributed by atoms with Crippen molar-refractivity contribution in [2.45, 2.75) is 33.3 Å². The van der Waals surface area contributed by atoms with Crippen LogP contribution >= 0.6 is 12.4 Å². The number of aliphatic hydroxyl groups is 1. The Labute approximate surface area is 251 Å². The summed E-state index contributed by atoms with van der Waals surface area (Å²) in [6.45, 7) is 10.2. The van der Waals surface area contributed by atoms with Crippen molar-refractivity contribution in [1.29, 1.82) is 0 Å². The van der Waals surface area contributed by atoms with Crippen LogP contribution in [0.1, 0.15) is 27.2 Å². The third-order valence-corrected chi connectivity index (χ3v) is 6.57. The highest BCUT2D eigenvalue weighted by atomic mass is 35.5. The fourth-order valence-corrected chi connectivity index (χ4v) is 4.32. The van der Waals surface area contributed by atoms with Gasteiger partial charge in [-0.2, -0.15) is 0 Å². The number of pyridine rings is 1. The lowest BCUT2D eigenvalue weighted by atomic mass is 9.92. The summed E-state index contributed by atoms with van der Waals surface area (Å²) in [5.74, 6) is 0.937. The van der Waals surface area contributed by atoms with Crippen LogP contribution in [0.3, 0.4) is 0 Å². The molecule has 2 aromatic carbocycles. The summed E-state index contributed by atoms with van der Waals surface area (Å²) >= 11 is 0. The molecule has 12 heteroatoms. The molecular weight excluding hydrogens is 567 g/mol. The summed E-state index contributed by atoms with van der Waals surface area (Å²) in [6.07, 6.45) is 1.69. The Morgan fingerprint density at radius 2 is 1.90 bits per heavy atom. The highest BCUT2D eigenvalue weighted by Crippen LogP contribution is 2.37. The molecule has 10 nitrogen and oxygen atoms in total. The van der Waals surface area contributed by atoms with Crippen LogP contribution in [0.4, 0.5) is 14.9 Å². The number of hydrogen-bond donors (Lipinski definition) is 3. The summed E-state index contributed by atoms with van der Waals surface area (Å²) in [7, 11) is 1.52. The third-order valence-electron chi connectivity index (χ3n) is 6.57. The van der Waals surface area contributed by atoms with Gasteiger partial charge in [-0.15, -0.1) is 12.4 Å². The number of carbonyl (C=O) groups excluding carboxylic acids is 1. The van der Waals surface area contributed by atoms with E-state index in [1.807, 2.05) is 0 Å². The number of rotatable bonds is 11. The molecule has 0 saturated carbocycles. The van der Waals surface area contributed by atoms with Gasteiger partial charge >= 0.3 is 6.03 Å². The quantitative estimate of drug-likeness (QED) is 0.272. The van der Waals surface area contributed by atoms with E-state index in [0.29, 0.717) is 54.5 Å². The van der Waals surface area contributed by atoms with Gasteiger partial charge in [0.25, 0.3) is 0 Å². The Morgan fingerprint density at radius 1 is 1.14 bits per heavy atom. The van der Waals surface area contributed by atoms with Crippen molar-refractivity contribution in [2.75, 3.05) is 58.4 Å². The largest absolute Gasteiger partial charge is 0.493 e. The highest BCUT2D eigenvalue weighted by Gasteiger charge is 2.18. The first-order valence-corrected chi connectivity index (χ1v) is 13.7. The van der Waals surface area contributed by atoms with Crippen LogP contribution in [-0.4, -0.2) is 80.2 Å². The number of halogens is 2. The van der Waals surface area contributed by atoms with E-state index in [0.717, 1.165) is 19.5 Å². The number of anilines is 1. The van der Waals surface area contributed by atoms with Gasteiger partial charge in [-0.3, -0.25) is 9.88 Å². The first-order valence-electron chi connectivity index (χ1n) is 13.7. The smallest absolute Gasteiger partial charge is 0.319 e. The molecule has 0 aliphatic carbocycles. The Kier molecular flexibility index (Phi) is 12.0. The number of aliphatic hydroxyl groups excluding tert-OH is 1. The minimum absolute atomic E-state index is 0. The number of urea groups is 1. The summed E-state index contributed by atoms with van der Waals surface area (Å²) < 4.78 is 37.6. The number of amides is 2. The molecule has 1 aliphatic rings. The number of aromatic nitrogens is 1. The van der Waals surface area contributed by atoms with E-state index >= 15 is 0 Å². The Hall–Kier alpha value is -3.38. The molecule has 230 valence electrons. The molecule has 1 atom stereocenters. The number of nitrogens with one attached hydrogen (secondary N) is 2. The molecular formula is C30H40ClFN4O6. The molecule has 2 amide bonds. The van der Waals surface area contributed by atoms with Gasteiger partial charge in [0.1, 0.15) is 30.0 Å². The normalized spacial score (nSPS) is 14.5. The summed E-state index contributed by atoms with van der Waals surface area (Å²) in [6, 6.07) is 8.88. The van der Waals surface area contributed by atoms with Crippen LogP contribution in [0.25, 0.3) is 10.9 Å². The SMILES string of the molecule is COc1cc2c(Oc3ccc(NC(=O)NCCC(C)(C)C)c(F)c3)ccnc2cc1OCC(O)CN1CCOCC1.Cl. The van der Waals surface area contributed by atoms with Crippen LogP contribution in [0, 0.1) is 11.2 Å². The minimum Gasteiger partial charge on any atom is -0.493 e. The summed E-state index contributed by atoms with van der Waals surface area (Å²) in [5, 5.41) is 16.4. The zero-order valence-electron chi connectivity index (χ0n) is 24.4. The molecule has 2 heterocycles. The lowest BCUT2D eigenvalue weighted by Crippen LogP contribution is -2.42. The van der Waals surface area contributed by atoms with Gasteiger partial charge in [0, 0.05) is 49.9 Å². The number of methoxy groups -OCH3 is 1. The van der Waals surface area contributed by atoms with E-state index in [4.69, 9.17) is 18.9 Å². The zero-order chi connectivity index (χ0) is 29.4. The second-order valence-electron chi connectivity index (χ2n) is 11.1. The first kappa shape index (κ1) is 33.1. The zero-order valence-corrected chi connectivity index (χ0v) is 25.3. The van der Waals surface area contributed by atoms with Gasteiger partial charge < -0.3 is 34.7 Å². The Morgan fingerprint density at radius 3 is 2.60 bits per heavy atom. The number of nitrogens with zero attached hydrogens (tertiary/aromatic N) is 2. The molecule has 1 saturated heterocycles. The number of fused-ring (bicyclic) bond motifs is 1. The average Bonchev–Trinajstić information content (AvgIpc) is 2.93. The topological polar surface area (TPSA) is 114 Å². The van der Waals surface area contributed by atoms with E-state index in [1.165, 1.54) is 19.2 Å². The fourth-order valence-electron chi connectivity index (χ4n) is 4.32. The lowest BCUT2D eigenvalue weighted by molar-refractivity contribution is 0.00446. The van der Waals surface area contributed by atoms with Crippen molar-refractivity contribution in [1.82, 2.24) is 15.2 Å². The van der Waals surface area contributed by atoms with Crippen molar-refractivity contribution in [2.24, 2.45) is 5.41 Å². The van der Waals surface area contributed by atoms with Crippen LogP contribution in [0.15, 0.2) is 42.6 Å². The van der Waals surface area contributed by atoms with E-state index < -0.39 is 18.0 Å². The van der Waals surface area contributed by atoms with E-state index in [-0.39, 0.29) is 35.9 Å². The maximum absolute atomic E-state index is 14.8. The fraction of sp³-hybridized carbons (Fsp3) is 0.467. The first-order chi connectivity index (χ1) is 19.6. The summed E-state index contributed by atoms with van der Waals surface area (Å²) in [5.41, 5.74) is 0.704. The maximum Gasteiger partial charge on any atom is 0.319 e. The number of hydrogen-bond acceptors (Lipinski definition) is 8. The average molecular weight is 607 g/mol. The molecule has 4 rings (SSSR count). The van der Waals surface area contributed by atoms with Crippen LogP contribution in [0.5, 0.6) is 23.0 Å². The van der Waals surface area contributed by atoms with Crippen molar-refractivity contribution < 1.29 is 33.2 Å². The second kappa shape index (κ2) is 15.2. The minimum atomic E-state index is -0.682. The van der Waals surface area contributed by atoms with Crippen molar-refractivity contribution in [3.8, 4) is 23.0 Å². The molecule has 1 aromatic heterocycles. The highest BCUT2D eigenvalue weighted by molar-refractivity contribution is 5.90. The second-order valence-corrected chi connectivity index (χ2v) is 11.1. The monoisotopic (exact) mass is 606 g/mol. The van der Waals surface area contributed by atoms with E-state index in [9.17, 15) is 14.3 Å². The number of ether oxygens (including phenoxy) is 4. The Bertz CT molecular complexity index is 1330. The third kappa shape index (κ3) is 9.59. The van der Waals surface area contributed by atoms with Crippen molar-refractivity contribution in [3.63, 3.8) is 0 Å².